The number of nitrogens with zero attached hydrogens (tertiary/aromatic N) is 1. The van der Waals surface area contributed by atoms with Gasteiger partial charge in [0, 0.05) is 12.0 Å². The second kappa shape index (κ2) is 15.5. The summed E-state index contributed by atoms with van der Waals surface area (Å²) in [5, 5.41) is 40.7. The normalized spacial score (nSPS) is 27.3. The van der Waals surface area contributed by atoms with Crippen LogP contribution in [0.4, 0.5) is 0 Å². The summed E-state index contributed by atoms with van der Waals surface area (Å²) >= 11 is 0. The number of ether oxygens (including phenoxy) is 1. The molecule has 4 aromatic rings. The number of aliphatic hydroxyl groups is 3. The average molecular weight is 676 g/mol. The van der Waals surface area contributed by atoms with Crippen LogP contribution < -0.4 is 4.74 Å². The van der Waals surface area contributed by atoms with E-state index in [1.807, 2.05) is 19.1 Å². The molecule has 3 aliphatic carbocycles. The quantitative estimate of drug-likeness (QED) is 0.144. The zero-order chi connectivity index (χ0) is 35.4. The molecule has 0 aliphatic heterocycles. The molecule has 4 aromatic carbocycles. The van der Waals surface area contributed by atoms with Crippen LogP contribution in [0.1, 0.15) is 73.3 Å². The largest absolute Gasteiger partial charge is 0.508 e. The lowest BCUT2D eigenvalue weighted by Crippen LogP contribution is -2.46. The summed E-state index contributed by atoms with van der Waals surface area (Å²) in [7, 11) is 4.11. The van der Waals surface area contributed by atoms with Crippen LogP contribution in [-0.4, -0.2) is 70.9 Å². The fraction of sp³-hybridized carbons (Fsp3) is 0.409. The van der Waals surface area contributed by atoms with Crippen molar-refractivity contribution >= 4 is 11.1 Å². The monoisotopic (exact) mass is 675 g/mol. The number of benzene rings is 4. The molecule has 0 aromatic heterocycles. The maximum absolute atomic E-state index is 10.5. The minimum absolute atomic E-state index is 0.0572. The Bertz CT molecular complexity index is 1740. The Kier molecular flexibility index (Phi) is 11.1. The molecule has 4 N–H and O–H groups in total. The number of hydrogen-bond donors (Lipinski definition) is 4. The minimum Gasteiger partial charge on any atom is -0.508 e. The van der Waals surface area contributed by atoms with Gasteiger partial charge in [-0.2, -0.15) is 0 Å². The van der Waals surface area contributed by atoms with Gasteiger partial charge in [0.1, 0.15) is 24.2 Å². The Morgan fingerprint density at radius 2 is 1.44 bits per heavy atom. The third kappa shape index (κ3) is 7.26. The molecule has 7 rings (SSSR count). The number of likely N-dealkylation sites (N-methyl/N-ethyl adjacent to an activating group) is 1. The highest BCUT2D eigenvalue weighted by Gasteiger charge is 2.62. The number of aliphatic hydroxyl groups excluding tert-OH is 3. The highest BCUT2D eigenvalue weighted by atomic mass is 16.5. The predicted octanol–water partition coefficient (Wildman–Crippen LogP) is 7.55. The summed E-state index contributed by atoms with van der Waals surface area (Å²) in [6, 6.07) is 35.4. The van der Waals surface area contributed by atoms with Gasteiger partial charge in [-0.3, -0.25) is 0 Å². The number of aromatic hydroxyl groups is 1. The van der Waals surface area contributed by atoms with E-state index in [9.17, 15) is 20.4 Å². The van der Waals surface area contributed by atoms with Crippen LogP contribution in [-0.2, 0) is 6.42 Å². The molecular weight excluding hydrogens is 622 g/mol. The van der Waals surface area contributed by atoms with E-state index < -0.39 is 23.7 Å². The predicted molar refractivity (Wildman–Crippen MR) is 201 cm³/mol. The molecule has 0 unspecified atom stereocenters. The summed E-state index contributed by atoms with van der Waals surface area (Å²) in [5.41, 5.74) is 8.46. The first kappa shape index (κ1) is 35.9. The molecule has 2 saturated carbocycles. The first-order chi connectivity index (χ1) is 24.1. The molecule has 50 heavy (non-hydrogen) atoms. The van der Waals surface area contributed by atoms with Crippen LogP contribution >= 0.6 is 0 Å². The van der Waals surface area contributed by atoms with E-state index in [4.69, 9.17) is 4.74 Å². The number of fused-ring (bicyclic) bond motifs is 5. The van der Waals surface area contributed by atoms with Crippen molar-refractivity contribution in [3.05, 3.63) is 131 Å². The molecule has 6 nitrogen and oxygen atoms in total. The minimum atomic E-state index is -1.03. The lowest BCUT2D eigenvalue weighted by atomic mass is 9.55. The van der Waals surface area contributed by atoms with Crippen molar-refractivity contribution in [2.45, 2.75) is 70.2 Å². The van der Waals surface area contributed by atoms with Crippen LogP contribution in [0.15, 0.2) is 103 Å². The molecule has 0 heterocycles. The van der Waals surface area contributed by atoms with Gasteiger partial charge in [0.25, 0.3) is 0 Å². The van der Waals surface area contributed by atoms with Crippen molar-refractivity contribution in [2.75, 3.05) is 27.2 Å². The van der Waals surface area contributed by atoms with Crippen LogP contribution in [0.25, 0.3) is 11.1 Å². The molecule has 0 spiro atoms. The maximum Gasteiger partial charge on any atom is 0.119 e. The Hall–Kier alpha value is -3.94. The first-order valence-electron chi connectivity index (χ1n) is 18.2. The van der Waals surface area contributed by atoms with Gasteiger partial charge in [0.15, 0.2) is 0 Å². The van der Waals surface area contributed by atoms with E-state index in [1.165, 1.54) is 39.0 Å². The van der Waals surface area contributed by atoms with Gasteiger partial charge in [0.2, 0.25) is 0 Å². The highest BCUT2D eigenvalue weighted by molar-refractivity contribution is 5.98. The highest BCUT2D eigenvalue weighted by Crippen LogP contribution is 2.61. The lowest BCUT2D eigenvalue weighted by Gasteiger charge is -2.50. The standard InChI is InChI=1S/C26H29NO.C18H24O4/c1-4-25(21-11-7-5-8-12-21)26(22-13-9-6-10-14-22)23-15-17-24(18-16-23)28-20-19-27(2)3;1-18-7-6-12-11-5-3-10(19)8-9(11)2-4-13(12)14(18)15(20)16(21)17(18)22/h5-18H,4,19-20H2,1-3H3;3,5,8,12-17,19-22H,2,4,6-7H2,1H3/b26-25-;/t;12-,13-,14-,15-,16-,17+,18+/m.1/s1. The van der Waals surface area contributed by atoms with Crippen molar-refractivity contribution in [3.8, 4) is 11.5 Å². The molecule has 3 aliphatic rings. The average Bonchev–Trinajstić information content (AvgIpc) is 3.31. The molecule has 7 atom stereocenters. The lowest BCUT2D eigenvalue weighted by molar-refractivity contribution is -0.0505. The summed E-state index contributed by atoms with van der Waals surface area (Å²) in [4.78, 5) is 2.12. The van der Waals surface area contributed by atoms with E-state index in [-0.39, 0.29) is 11.8 Å². The number of phenolic OH excluding ortho intramolecular Hbond substituents is 1. The molecule has 6 heteroatoms. The van der Waals surface area contributed by atoms with Gasteiger partial charge in [-0.15, -0.1) is 0 Å². The fourth-order valence-electron chi connectivity index (χ4n) is 8.97. The number of allylic oxidation sites excluding steroid dienone is 1. The molecule has 0 saturated heterocycles. The third-order valence-electron chi connectivity index (χ3n) is 11.5. The third-order valence-corrected chi connectivity index (χ3v) is 11.5. The van der Waals surface area contributed by atoms with Crippen molar-refractivity contribution in [2.24, 2.45) is 17.3 Å². The summed E-state index contributed by atoms with van der Waals surface area (Å²) in [5.74, 6) is 1.81. The number of phenols is 1. The van der Waals surface area contributed by atoms with Crippen molar-refractivity contribution < 1.29 is 25.2 Å². The Labute approximate surface area is 297 Å². The Balaban J connectivity index is 0.000000177. The van der Waals surface area contributed by atoms with Crippen LogP contribution in [0.3, 0.4) is 0 Å². The number of aryl methyl sites for hydroxylation is 1. The van der Waals surface area contributed by atoms with Gasteiger partial charge in [-0.1, -0.05) is 92.7 Å². The van der Waals surface area contributed by atoms with E-state index in [0.717, 1.165) is 44.4 Å². The number of rotatable bonds is 8. The maximum atomic E-state index is 10.5. The topological polar surface area (TPSA) is 93.4 Å². The SMILES string of the molecule is CC/C(=C(\c1ccccc1)c1ccc(OCCN(C)C)cc1)c1ccccc1.C[C@]12CC[C@@H]3c4ccc(O)cc4CC[C@H]3[C@@H]1[C@@H](O)[C@@H](O)[C@@H]2O. The molecule has 0 radical (unpaired) electrons. The summed E-state index contributed by atoms with van der Waals surface area (Å²) < 4.78 is 5.87. The fourth-order valence-corrected chi connectivity index (χ4v) is 8.97. The second-order valence-electron chi connectivity index (χ2n) is 14.8. The van der Waals surface area contributed by atoms with Crippen molar-refractivity contribution in [1.29, 1.82) is 0 Å². The second-order valence-corrected chi connectivity index (χ2v) is 14.8. The zero-order valence-electron chi connectivity index (χ0n) is 29.9. The summed E-state index contributed by atoms with van der Waals surface area (Å²) in [6.45, 7) is 5.84. The molecule has 0 amide bonds. The summed E-state index contributed by atoms with van der Waals surface area (Å²) in [6.07, 6.45) is 1.86. The molecule has 2 fully saturated rings. The van der Waals surface area contributed by atoms with Crippen molar-refractivity contribution in [3.63, 3.8) is 0 Å². The molecular formula is C44H53NO5. The van der Waals surface area contributed by atoms with Crippen LogP contribution in [0, 0.1) is 17.3 Å². The van der Waals surface area contributed by atoms with Gasteiger partial charge >= 0.3 is 0 Å². The van der Waals surface area contributed by atoms with E-state index in [2.05, 4.69) is 111 Å². The number of hydrogen-bond acceptors (Lipinski definition) is 6. The Morgan fingerprint density at radius 1 is 0.800 bits per heavy atom. The Morgan fingerprint density at radius 3 is 2.08 bits per heavy atom. The molecule has 0 bridgehead atoms. The van der Waals surface area contributed by atoms with Crippen LogP contribution in [0.5, 0.6) is 11.5 Å². The van der Waals surface area contributed by atoms with E-state index >= 15 is 0 Å². The van der Waals surface area contributed by atoms with Crippen LogP contribution in [0.2, 0.25) is 0 Å². The zero-order valence-corrected chi connectivity index (χ0v) is 29.9. The van der Waals surface area contributed by atoms with Gasteiger partial charge in [-0.05, 0) is 127 Å². The van der Waals surface area contributed by atoms with E-state index in [0.29, 0.717) is 18.3 Å². The van der Waals surface area contributed by atoms with Gasteiger partial charge in [-0.25, -0.2) is 0 Å². The molecule has 264 valence electrons. The smallest absolute Gasteiger partial charge is 0.119 e. The van der Waals surface area contributed by atoms with E-state index in [1.54, 1.807) is 6.07 Å². The first-order valence-corrected chi connectivity index (χ1v) is 18.2. The van der Waals surface area contributed by atoms with Gasteiger partial charge in [0.05, 0.1) is 12.2 Å². The van der Waals surface area contributed by atoms with Gasteiger partial charge < -0.3 is 30.1 Å². The van der Waals surface area contributed by atoms with Crippen molar-refractivity contribution in [1.82, 2.24) is 4.90 Å².